The van der Waals surface area contributed by atoms with Crippen LogP contribution in [0.25, 0.3) is 10.9 Å². The maximum atomic E-state index is 12.5. The number of hydrogen-bond donors (Lipinski definition) is 1. The number of esters is 1. The average Bonchev–Trinajstić information content (AvgIpc) is 2.69. The fourth-order valence-corrected chi connectivity index (χ4v) is 2.71. The molecule has 0 aliphatic rings. The fraction of sp³-hybridized carbons (Fsp3) is 0.150. The van der Waals surface area contributed by atoms with Crippen LogP contribution in [0.4, 0.5) is 13.2 Å². The second-order valence-corrected chi connectivity index (χ2v) is 6.41. The largest absolute Gasteiger partial charge is 0.459 e. The Labute approximate surface area is 168 Å². The first-order chi connectivity index (χ1) is 13.7. The van der Waals surface area contributed by atoms with Gasteiger partial charge in [-0.25, -0.2) is 4.98 Å². The fourth-order valence-electron chi connectivity index (χ4n) is 2.51. The Hall–Kier alpha value is -3.13. The highest BCUT2D eigenvalue weighted by molar-refractivity contribution is 6.30. The third kappa shape index (κ3) is 5.23. The maximum Gasteiger partial charge on any atom is 0.416 e. The van der Waals surface area contributed by atoms with Crippen LogP contribution in [-0.2, 0) is 22.3 Å². The van der Waals surface area contributed by atoms with Gasteiger partial charge in [-0.05, 0) is 36.4 Å². The number of rotatable bonds is 5. The quantitative estimate of drug-likeness (QED) is 0.489. The zero-order chi connectivity index (χ0) is 21.0. The van der Waals surface area contributed by atoms with Gasteiger partial charge in [0.2, 0.25) is 0 Å². The van der Waals surface area contributed by atoms with E-state index in [1.165, 1.54) is 0 Å². The van der Waals surface area contributed by atoms with E-state index < -0.39 is 30.2 Å². The van der Waals surface area contributed by atoms with E-state index in [1.807, 2.05) is 18.2 Å². The van der Waals surface area contributed by atoms with Gasteiger partial charge in [-0.15, -0.1) is 0 Å². The van der Waals surface area contributed by atoms with Gasteiger partial charge in [0.15, 0.2) is 0 Å². The summed E-state index contributed by atoms with van der Waals surface area (Å²) in [6.45, 7) is -0.579. The number of pyridine rings is 1. The van der Waals surface area contributed by atoms with Crippen molar-refractivity contribution >= 4 is 34.4 Å². The predicted molar refractivity (Wildman–Crippen MR) is 100 cm³/mol. The van der Waals surface area contributed by atoms with Crippen molar-refractivity contribution in [1.82, 2.24) is 10.3 Å². The standard InChI is InChI=1S/C20H14ClF3N2O3/c21-18-14(9-13-3-1-2-4-16(13)26-18)11-29-17(27)10-25-19(28)12-5-7-15(8-6-12)20(22,23)24/h1-9H,10-11H2,(H,25,28). The molecule has 0 aliphatic heterocycles. The molecule has 3 aromatic rings. The van der Waals surface area contributed by atoms with Crippen LogP contribution < -0.4 is 5.32 Å². The predicted octanol–water partition coefficient (Wildman–Crippen LogP) is 4.38. The van der Waals surface area contributed by atoms with Gasteiger partial charge in [-0.2, -0.15) is 13.2 Å². The summed E-state index contributed by atoms with van der Waals surface area (Å²) in [5.41, 5.74) is 0.339. The molecule has 0 radical (unpaired) electrons. The van der Waals surface area contributed by atoms with Crippen LogP contribution in [-0.4, -0.2) is 23.4 Å². The molecule has 9 heteroatoms. The van der Waals surface area contributed by atoms with Crippen molar-refractivity contribution in [3.05, 3.63) is 76.4 Å². The first-order valence-electron chi connectivity index (χ1n) is 8.39. The number of para-hydroxylation sites is 1. The Morgan fingerprint density at radius 2 is 1.76 bits per heavy atom. The van der Waals surface area contributed by atoms with E-state index in [-0.39, 0.29) is 17.3 Å². The smallest absolute Gasteiger partial charge is 0.416 e. The molecule has 0 fully saturated rings. The summed E-state index contributed by atoms with van der Waals surface area (Å²) < 4.78 is 42.7. The van der Waals surface area contributed by atoms with E-state index in [1.54, 1.807) is 12.1 Å². The van der Waals surface area contributed by atoms with Crippen LogP contribution in [0.2, 0.25) is 5.15 Å². The van der Waals surface area contributed by atoms with E-state index in [0.29, 0.717) is 11.1 Å². The summed E-state index contributed by atoms with van der Waals surface area (Å²) in [6.07, 6.45) is -4.49. The molecule has 1 heterocycles. The molecular formula is C20H14ClF3N2O3. The normalized spacial score (nSPS) is 11.3. The molecule has 0 atom stereocenters. The lowest BCUT2D eigenvalue weighted by Gasteiger charge is -2.09. The van der Waals surface area contributed by atoms with Crippen LogP contribution in [0.5, 0.6) is 0 Å². The molecule has 0 saturated heterocycles. The number of alkyl halides is 3. The monoisotopic (exact) mass is 422 g/mol. The minimum Gasteiger partial charge on any atom is -0.459 e. The first-order valence-corrected chi connectivity index (χ1v) is 8.77. The summed E-state index contributed by atoms with van der Waals surface area (Å²) in [7, 11) is 0. The Balaban J connectivity index is 1.53. The molecule has 1 N–H and O–H groups in total. The van der Waals surface area contributed by atoms with Crippen molar-refractivity contribution in [2.24, 2.45) is 0 Å². The third-order valence-electron chi connectivity index (χ3n) is 4.01. The van der Waals surface area contributed by atoms with E-state index in [9.17, 15) is 22.8 Å². The van der Waals surface area contributed by atoms with Crippen LogP contribution in [0.3, 0.4) is 0 Å². The van der Waals surface area contributed by atoms with Crippen LogP contribution in [0, 0.1) is 0 Å². The number of ether oxygens (including phenoxy) is 1. The van der Waals surface area contributed by atoms with Gasteiger partial charge in [0, 0.05) is 16.5 Å². The molecule has 5 nitrogen and oxygen atoms in total. The zero-order valence-corrected chi connectivity index (χ0v) is 15.6. The van der Waals surface area contributed by atoms with Crippen LogP contribution in [0.15, 0.2) is 54.6 Å². The van der Waals surface area contributed by atoms with Gasteiger partial charge in [-0.3, -0.25) is 9.59 Å². The van der Waals surface area contributed by atoms with Crippen molar-refractivity contribution in [1.29, 1.82) is 0 Å². The minimum atomic E-state index is -4.49. The summed E-state index contributed by atoms with van der Waals surface area (Å²) >= 11 is 6.09. The molecule has 0 saturated carbocycles. The first kappa shape index (κ1) is 20.6. The molecule has 3 rings (SSSR count). The van der Waals surface area contributed by atoms with Gasteiger partial charge >= 0.3 is 12.1 Å². The summed E-state index contributed by atoms with van der Waals surface area (Å²) in [4.78, 5) is 28.0. The van der Waals surface area contributed by atoms with Gasteiger partial charge < -0.3 is 10.1 Å². The molecule has 150 valence electrons. The number of amides is 1. The molecule has 0 unspecified atom stereocenters. The topological polar surface area (TPSA) is 68.3 Å². The molecule has 0 aliphatic carbocycles. The highest BCUT2D eigenvalue weighted by atomic mass is 35.5. The molecule has 1 aromatic heterocycles. The van der Waals surface area contributed by atoms with Crippen molar-refractivity contribution < 1.29 is 27.5 Å². The van der Waals surface area contributed by atoms with Gasteiger partial charge in [0.25, 0.3) is 5.91 Å². The number of carbonyl (C=O) groups excluding carboxylic acids is 2. The molecule has 0 bridgehead atoms. The van der Waals surface area contributed by atoms with Crippen LogP contribution in [0.1, 0.15) is 21.5 Å². The number of aromatic nitrogens is 1. The number of hydrogen-bond acceptors (Lipinski definition) is 4. The maximum absolute atomic E-state index is 12.5. The van der Waals surface area contributed by atoms with E-state index in [4.69, 9.17) is 16.3 Å². The Morgan fingerprint density at radius 3 is 2.45 bits per heavy atom. The average molecular weight is 423 g/mol. The molecular weight excluding hydrogens is 409 g/mol. The SMILES string of the molecule is O=C(CNC(=O)c1ccc(C(F)(F)F)cc1)OCc1cc2ccccc2nc1Cl. The summed E-state index contributed by atoms with van der Waals surface area (Å²) in [5.74, 6) is -1.42. The molecule has 29 heavy (non-hydrogen) atoms. The summed E-state index contributed by atoms with van der Waals surface area (Å²) in [6, 6.07) is 12.7. The number of benzene rings is 2. The molecule has 1 amide bonds. The van der Waals surface area contributed by atoms with Gasteiger partial charge in [0.05, 0.1) is 11.1 Å². The molecule has 2 aromatic carbocycles. The lowest BCUT2D eigenvalue weighted by Crippen LogP contribution is -2.30. The van der Waals surface area contributed by atoms with Crippen molar-refractivity contribution in [3.8, 4) is 0 Å². The van der Waals surface area contributed by atoms with E-state index >= 15 is 0 Å². The van der Waals surface area contributed by atoms with Crippen molar-refractivity contribution in [3.63, 3.8) is 0 Å². The van der Waals surface area contributed by atoms with Gasteiger partial charge in [0.1, 0.15) is 18.3 Å². The van der Waals surface area contributed by atoms with Crippen molar-refractivity contribution in [2.45, 2.75) is 12.8 Å². The number of nitrogens with one attached hydrogen (secondary N) is 1. The van der Waals surface area contributed by atoms with Crippen molar-refractivity contribution in [2.75, 3.05) is 6.54 Å². The number of fused-ring (bicyclic) bond motifs is 1. The van der Waals surface area contributed by atoms with Crippen LogP contribution >= 0.6 is 11.6 Å². The highest BCUT2D eigenvalue weighted by Crippen LogP contribution is 2.29. The highest BCUT2D eigenvalue weighted by Gasteiger charge is 2.30. The number of nitrogens with zero attached hydrogens (tertiary/aromatic N) is 1. The third-order valence-corrected chi connectivity index (χ3v) is 4.33. The second kappa shape index (κ2) is 8.48. The van der Waals surface area contributed by atoms with E-state index in [0.717, 1.165) is 29.7 Å². The summed E-state index contributed by atoms with van der Waals surface area (Å²) in [5, 5.41) is 3.33. The van der Waals surface area contributed by atoms with Gasteiger partial charge in [-0.1, -0.05) is 29.8 Å². The Kier molecular flexibility index (Phi) is 6.03. The minimum absolute atomic E-state index is 0.00688. The number of halogens is 4. The lowest BCUT2D eigenvalue weighted by molar-refractivity contribution is -0.143. The van der Waals surface area contributed by atoms with E-state index in [2.05, 4.69) is 10.3 Å². The molecule has 0 spiro atoms. The lowest BCUT2D eigenvalue weighted by atomic mass is 10.1. The Morgan fingerprint density at radius 1 is 1.07 bits per heavy atom. The second-order valence-electron chi connectivity index (χ2n) is 6.05. The number of carbonyl (C=O) groups is 2. The zero-order valence-electron chi connectivity index (χ0n) is 14.8. The Bertz CT molecular complexity index is 1050.